The molecule has 0 saturated carbocycles. The lowest BCUT2D eigenvalue weighted by atomic mass is 9.87. The van der Waals surface area contributed by atoms with E-state index >= 15 is 0 Å². The zero-order chi connectivity index (χ0) is 14.0. The molecular formula is C14H18N2O3. The topological polar surface area (TPSA) is 83.6 Å². The number of carbonyl (C=O) groups is 2. The molecular weight excluding hydrogens is 244 g/mol. The number of nitrogens with zero attached hydrogens (tertiary/aromatic N) is 1. The number of carbonyl (C=O) groups excluding carboxylic acids is 1. The summed E-state index contributed by atoms with van der Waals surface area (Å²) in [6, 6.07) is 6.91. The third-order valence-electron chi connectivity index (χ3n) is 3.81. The Morgan fingerprint density at radius 2 is 2.00 bits per heavy atom. The SMILES string of the molecule is CC1(C(=O)O)CCCCN1c1ccccc1C(N)=O. The van der Waals surface area contributed by atoms with E-state index in [1.807, 2.05) is 0 Å². The van der Waals surface area contributed by atoms with E-state index in [2.05, 4.69) is 0 Å². The number of hydrogen-bond donors (Lipinski definition) is 2. The van der Waals surface area contributed by atoms with Gasteiger partial charge in [-0.3, -0.25) is 4.79 Å². The number of para-hydroxylation sites is 1. The van der Waals surface area contributed by atoms with Gasteiger partial charge in [0.1, 0.15) is 5.54 Å². The van der Waals surface area contributed by atoms with Crippen molar-refractivity contribution in [2.75, 3.05) is 11.4 Å². The number of amides is 1. The standard InChI is InChI=1S/C14H18N2O3/c1-14(13(18)19)8-4-5-9-16(14)11-7-3-2-6-10(11)12(15)17/h2-3,6-7H,4-5,8-9H2,1H3,(H2,15,17)(H,18,19). The summed E-state index contributed by atoms with van der Waals surface area (Å²) in [5, 5.41) is 9.50. The van der Waals surface area contributed by atoms with Crippen LogP contribution in [0.4, 0.5) is 5.69 Å². The number of anilines is 1. The maximum Gasteiger partial charge on any atom is 0.329 e. The Kier molecular flexibility index (Phi) is 3.46. The van der Waals surface area contributed by atoms with E-state index in [1.54, 1.807) is 36.1 Å². The van der Waals surface area contributed by atoms with Gasteiger partial charge in [-0.2, -0.15) is 0 Å². The Bertz CT molecular complexity index is 515. The largest absolute Gasteiger partial charge is 0.480 e. The number of aliphatic carboxylic acids is 1. The van der Waals surface area contributed by atoms with Crippen molar-refractivity contribution in [3.05, 3.63) is 29.8 Å². The first-order valence-electron chi connectivity index (χ1n) is 6.36. The number of nitrogens with two attached hydrogens (primary N) is 1. The maximum absolute atomic E-state index is 11.6. The third kappa shape index (κ3) is 2.28. The van der Waals surface area contributed by atoms with Crippen LogP contribution in [-0.2, 0) is 4.79 Å². The zero-order valence-corrected chi connectivity index (χ0v) is 10.9. The Hall–Kier alpha value is -2.04. The fraction of sp³-hybridized carbons (Fsp3) is 0.429. The second-order valence-corrected chi connectivity index (χ2v) is 5.07. The van der Waals surface area contributed by atoms with Gasteiger partial charge in [0.2, 0.25) is 0 Å². The van der Waals surface area contributed by atoms with Crippen molar-refractivity contribution >= 4 is 17.6 Å². The summed E-state index contributed by atoms with van der Waals surface area (Å²) >= 11 is 0. The summed E-state index contributed by atoms with van der Waals surface area (Å²) in [5.74, 6) is -1.40. The van der Waals surface area contributed by atoms with Crippen molar-refractivity contribution < 1.29 is 14.7 Å². The molecule has 1 atom stereocenters. The third-order valence-corrected chi connectivity index (χ3v) is 3.81. The van der Waals surface area contributed by atoms with Crippen LogP contribution in [0.5, 0.6) is 0 Å². The first kappa shape index (κ1) is 13.4. The van der Waals surface area contributed by atoms with Crippen LogP contribution in [-0.4, -0.2) is 29.1 Å². The van der Waals surface area contributed by atoms with Gasteiger partial charge in [-0.25, -0.2) is 4.79 Å². The predicted molar refractivity (Wildman–Crippen MR) is 72.2 cm³/mol. The molecule has 102 valence electrons. The van der Waals surface area contributed by atoms with Gasteiger partial charge in [-0.15, -0.1) is 0 Å². The van der Waals surface area contributed by atoms with Crippen LogP contribution in [0.1, 0.15) is 36.5 Å². The van der Waals surface area contributed by atoms with Gasteiger partial charge < -0.3 is 15.7 Å². The average molecular weight is 262 g/mol. The van der Waals surface area contributed by atoms with Crippen molar-refractivity contribution in [3.8, 4) is 0 Å². The Balaban J connectivity index is 2.49. The number of carboxylic acids is 1. The zero-order valence-electron chi connectivity index (χ0n) is 10.9. The monoisotopic (exact) mass is 262 g/mol. The van der Waals surface area contributed by atoms with Crippen LogP contribution < -0.4 is 10.6 Å². The summed E-state index contributed by atoms with van der Waals surface area (Å²) in [6.45, 7) is 2.32. The second-order valence-electron chi connectivity index (χ2n) is 5.07. The maximum atomic E-state index is 11.6. The quantitative estimate of drug-likeness (QED) is 0.867. The molecule has 1 saturated heterocycles. The number of primary amides is 1. The van der Waals surface area contributed by atoms with Gasteiger partial charge in [0.15, 0.2) is 0 Å². The highest BCUT2D eigenvalue weighted by Crippen LogP contribution is 2.34. The van der Waals surface area contributed by atoms with Crippen molar-refractivity contribution in [2.45, 2.75) is 31.7 Å². The van der Waals surface area contributed by atoms with Crippen molar-refractivity contribution in [1.82, 2.24) is 0 Å². The van der Waals surface area contributed by atoms with Gasteiger partial charge in [0, 0.05) is 6.54 Å². The van der Waals surface area contributed by atoms with Crippen LogP contribution in [0.25, 0.3) is 0 Å². The van der Waals surface area contributed by atoms with Gasteiger partial charge in [0.05, 0.1) is 11.3 Å². The lowest BCUT2D eigenvalue weighted by Gasteiger charge is -2.43. The van der Waals surface area contributed by atoms with E-state index in [1.165, 1.54) is 0 Å². The summed E-state index contributed by atoms with van der Waals surface area (Å²) in [4.78, 5) is 24.9. The number of piperidine rings is 1. The molecule has 5 nitrogen and oxygen atoms in total. The lowest BCUT2D eigenvalue weighted by molar-refractivity contribution is -0.143. The molecule has 0 aliphatic carbocycles. The highest BCUT2D eigenvalue weighted by molar-refractivity contribution is 5.99. The summed E-state index contributed by atoms with van der Waals surface area (Å²) in [7, 11) is 0. The van der Waals surface area contributed by atoms with Gasteiger partial charge >= 0.3 is 5.97 Å². The molecule has 3 N–H and O–H groups in total. The van der Waals surface area contributed by atoms with E-state index < -0.39 is 17.4 Å². The normalized spacial score (nSPS) is 23.1. The molecule has 1 heterocycles. The first-order chi connectivity index (χ1) is 8.97. The van der Waals surface area contributed by atoms with E-state index in [0.29, 0.717) is 24.2 Å². The molecule has 0 bridgehead atoms. The molecule has 0 radical (unpaired) electrons. The summed E-state index contributed by atoms with van der Waals surface area (Å²) in [5.41, 5.74) is 5.37. The van der Waals surface area contributed by atoms with E-state index in [0.717, 1.165) is 12.8 Å². The van der Waals surface area contributed by atoms with E-state index in [-0.39, 0.29) is 0 Å². The summed E-state index contributed by atoms with van der Waals surface area (Å²) < 4.78 is 0. The molecule has 1 aromatic carbocycles. The molecule has 2 rings (SSSR count). The Morgan fingerprint density at radius 3 is 2.63 bits per heavy atom. The average Bonchev–Trinajstić information content (AvgIpc) is 2.39. The Morgan fingerprint density at radius 1 is 1.32 bits per heavy atom. The Labute approximate surface area is 112 Å². The number of benzene rings is 1. The molecule has 0 aromatic heterocycles. The van der Waals surface area contributed by atoms with Crippen LogP contribution in [0.2, 0.25) is 0 Å². The molecule has 1 aliphatic rings. The van der Waals surface area contributed by atoms with Gasteiger partial charge in [0.25, 0.3) is 5.91 Å². The van der Waals surface area contributed by atoms with Crippen molar-refractivity contribution in [1.29, 1.82) is 0 Å². The molecule has 5 heteroatoms. The smallest absolute Gasteiger partial charge is 0.329 e. The van der Waals surface area contributed by atoms with Gasteiger partial charge in [-0.05, 0) is 38.3 Å². The molecule has 1 unspecified atom stereocenters. The van der Waals surface area contributed by atoms with Crippen LogP contribution in [0.15, 0.2) is 24.3 Å². The van der Waals surface area contributed by atoms with Crippen molar-refractivity contribution in [2.24, 2.45) is 5.73 Å². The second kappa shape index (κ2) is 4.91. The minimum absolute atomic E-state index is 0.372. The number of hydrogen-bond acceptors (Lipinski definition) is 3. The minimum atomic E-state index is -0.982. The molecule has 1 aromatic rings. The fourth-order valence-electron chi connectivity index (χ4n) is 2.65. The van der Waals surface area contributed by atoms with Crippen molar-refractivity contribution in [3.63, 3.8) is 0 Å². The van der Waals surface area contributed by atoms with Crippen LogP contribution in [0, 0.1) is 0 Å². The van der Waals surface area contributed by atoms with E-state index in [4.69, 9.17) is 5.73 Å². The minimum Gasteiger partial charge on any atom is -0.480 e. The highest BCUT2D eigenvalue weighted by atomic mass is 16.4. The molecule has 0 spiro atoms. The van der Waals surface area contributed by atoms with Gasteiger partial charge in [-0.1, -0.05) is 12.1 Å². The lowest BCUT2D eigenvalue weighted by Crippen LogP contribution is -2.56. The molecule has 19 heavy (non-hydrogen) atoms. The molecule has 1 aliphatic heterocycles. The first-order valence-corrected chi connectivity index (χ1v) is 6.36. The predicted octanol–water partition coefficient (Wildman–Crippen LogP) is 1.62. The summed E-state index contributed by atoms with van der Waals surface area (Å²) in [6.07, 6.45) is 2.35. The molecule has 1 fully saturated rings. The van der Waals surface area contributed by atoms with E-state index in [9.17, 15) is 14.7 Å². The fourth-order valence-corrected chi connectivity index (χ4v) is 2.65. The highest BCUT2D eigenvalue weighted by Gasteiger charge is 2.42. The van der Waals surface area contributed by atoms with Crippen LogP contribution in [0.3, 0.4) is 0 Å². The number of carboxylic acid groups (broad SMARTS) is 1. The van der Waals surface area contributed by atoms with Crippen LogP contribution >= 0.6 is 0 Å². The number of rotatable bonds is 3. The molecule has 1 amide bonds.